The molecule has 1 heterocycles. The van der Waals surface area contributed by atoms with Crippen LogP contribution in [0.5, 0.6) is 5.75 Å². The second kappa shape index (κ2) is 6.26. The number of aryl methyl sites for hydroxylation is 1. The topological polar surface area (TPSA) is 83.9 Å². The number of methoxy groups -OCH3 is 1. The molecule has 0 saturated carbocycles. The summed E-state index contributed by atoms with van der Waals surface area (Å²) in [5.74, 6) is -0.975. The first-order chi connectivity index (χ1) is 10.3. The molecule has 0 amide bonds. The van der Waals surface area contributed by atoms with E-state index in [2.05, 4.69) is 0 Å². The van der Waals surface area contributed by atoms with E-state index in [0.717, 1.165) is 5.56 Å². The number of sulfonamides is 1. The zero-order chi connectivity index (χ0) is 16.5. The molecule has 6 nitrogen and oxygen atoms in total. The molecule has 2 unspecified atom stereocenters. The Morgan fingerprint density at radius 1 is 1.36 bits per heavy atom. The maximum Gasteiger partial charge on any atom is 0.307 e. The van der Waals surface area contributed by atoms with Crippen molar-refractivity contribution in [1.82, 2.24) is 4.31 Å². The number of hydrogen-bond donors (Lipinski definition) is 1. The van der Waals surface area contributed by atoms with Gasteiger partial charge < -0.3 is 9.84 Å². The first kappa shape index (κ1) is 16.8. The summed E-state index contributed by atoms with van der Waals surface area (Å²) in [5.41, 5.74) is 0.725. The fourth-order valence-electron chi connectivity index (χ4n) is 2.76. The molecule has 7 heteroatoms. The molecule has 1 saturated heterocycles. The normalized spacial score (nSPS) is 23.2. The molecule has 1 fully saturated rings. The van der Waals surface area contributed by atoms with Crippen LogP contribution in [-0.4, -0.2) is 43.5 Å². The fraction of sp³-hybridized carbons (Fsp3) is 0.533. The molecule has 1 aromatic carbocycles. The van der Waals surface area contributed by atoms with E-state index in [-0.39, 0.29) is 17.5 Å². The summed E-state index contributed by atoms with van der Waals surface area (Å²) in [6.07, 6.45) is 1.05. The van der Waals surface area contributed by atoms with Crippen molar-refractivity contribution in [3.8, 4) is 5.75 Å². The molecule has 0 aliphatic carbocycles. The van der Waals surface area contributed by atoms with Crippen molar-refractivity contribution in [1.29, 1.82) is 0 Å². The number of hydrogen-bond acceptors (Lipinski definition) is 4. The second-order valence-electron chi connectivity index (χ2n) is 5.67. The van der Waals surface area contributed by atoms with Crippen molar-refractivity contribution in [3.05, 3.63) is 23.8 Å². The van der Waals surface area contributed by atoms with Crippen LogP contribution in [0.25, 0.3) is 0 Å². The average molecular weight is 327 g/mol. The third-order valence-electron chi connectivity index (χ3n) is 4.15. The zero-order valence-corrected chi connectivity index (χ0v) is 13.8. The highest BCUT2D eigenvalue weighted by Gasteiger charge is 2.37. The monoisotopic (exact) mass is 327 g/mol. The smallest absolute Gasteiger partial charge is 0.307 e. The van der Waals surface area contributed by atoms with Gasteiger partial charge in [-0.3, -0.25) is 4.79 Å². The van der Waals surface area contributed by atoms with E-state index >= 15 is 0 Å². The molecule has 1 N–H and O–H groups in total. The van der Waals surface area contributed by atoms with E-state index < -0.39 is 21.9 Å². The summed E-state index contributed by atoms with van der Waals surface area (Å²) < 4.78 is 32.1. The van der Waals surface area contributed by atoms with Gasteiger partial charge in [0.05, 0.1) is 17.9 Å². The summed E-state index contributed by atoms with van der Waals surface area (Å²) >= 11 is 0. The summed E-state index contributed by atoms with van der Waals surface area (Å²) in [6.45, 7) is 3.60. The summed E-state index contributed by atoms with van der Waals surface area (Å²) in [4.78, 5) is 11.3. The highest BCUT2D eigenvalue weighted by molar-refractivity contribution is 7.89. The van der Waals surface area contributed by atoms with Gasteiger partial charge in [-0.25, -0.2) is 8.42 Å². The van der Waals surface area contributed by atoms with Gasteiger partial charge in [0.1, 0.15) is 5.75 Å². The molecular weight excluding hydrogens is 306 g/mol. The van der Waals surface area contributed by atoms with Crippen molar-refractivity contribution in [2.45, 2.75) is 37.6 Å². The van der Waals surface area contributed by atoms with Gasteiger partial charge in [0.2, 0.25) is 10.0 Å². The predicted octanol–water partition coefficient (Wildman–Crippen LogP) is 1.88. The van der Waals surface area contributed by atoms with Crippen LogP contribution >= 0.6 is 0 Å². The summed E-state index contributed by atoms with van der Waals surface area (Å²) in [6, 6.07) is 4.47. The first-order valence-corrected chi connectivity index (χ1v) is 8.60. The number of ether oxygens (including phenoxy) is 1. The van der Waals surface area contributed by atoms with Crippen LogP contribution in [0, 0.1) is 12.8 Å². The van der Waals surface area contributed by atoms with E-state index in [4.69, 9.17) is 9.84 Å². The van der Waals surface area contributed by atoms with Gasteiger partial charge >= 0.3 is 5.97 Å². The molecule has 0 bridgehead atoms. The molecule has 2 rings (SSSR count). The molecule has 2 atom stereocenters. The van der Waals surface area contributed by atoms with Crippen LogP contribution in [-0.2, 0) is 14.8 Å². The third-order valence-corrected chi connectivity index (χ3v) is 6.12. The number of piperidine rings is 1. The quantitative estimate of drug-likeness (QED) is 0.913. The molecule has 1 aliphatic rings. The van der Waals surface area contributed by atoms with Gasteiger partial charge in [-0.2, -0.15) is 4.31 Å². The summed E-state index contributed by atoms with van der Waals surface area (Å²) in [5, 5.41) is 9.15. The van der Waals surface area contributed by atoms with Crippen LogP contribution in [0.2, 0.25) is 0 Å². The lowest BCUT2D eigenvalue weighted by Gasteiger charge is -2.35. The lowest BCUT2D eigenvalue weighted by molar-refractivity contribution is -0.143. The van der Waals surface area contributed by atoms with Gasteiger partial charge in [0, 0.05) is 12.6 Å². The maximum atomic E-state index is 12.8. The molecule has 1 aromatic rings. The number of carboxylic acid groups (broad SMARTS) is 1. The van der Waals surface area contributed by atoms with E-state index in [9.17, 15) is 13.2 Å². The molecule has 22 heavy (non-hydrogen) atoms. The Hall–Kier alpha value is -1.60. The van der Waals surface area contributed by atoms with Crippen LogP contribution in [0.1, 0.15) is 25.3 Å². The Kier molecular flexibility index (Phi) is 4.77. The highest BCUT2D eigenvalue weighted by Crippen LogP contribution is 2.30. The Morgan fingerprint density at radius 3 is 2.59 bits per heavy atom. The lowest BCUT2D eigenvalue weighted by atomic mass is 9.96. The van der Waals surface area contributed by atoms with E-state index in [1.54, 1.807) is 19.1 Å². The van der Waals surface area contributed by atoms with Gasteiger partial charge in [0.25, 0.3) is 0 Å². The molecule has 1 aliphatic heterocycles. The number of nitrogens with zero attached hydrogens (tertiary/aromatic N) is 1. The number of rotatable bonds is 4. The molecular formula is C15H21NO5S. The number of carboxylic acids is 1. The Bertz CT molecular complexity index is 671. The molecule has 0 spiro atoms. The van der Waals surface area contributed by atoms with Crippen LogP contribution in [0.4, 0.5) is 0 Å². The van der Waals surface area contributed by atoms with Crippen molar-refractivity contribution in [2.75, 3.05) is 13.7 Å². The van der Waals surface area contributed by atoms with E-state index in [1.807, 2.05) is 6.92 Å². The van der Waals surface area contributed by atoms with Gasteiger partial charge in [-0.05, 0) is 50.5 Å². The number of benzene rings is 1. The van der Waals surface area contributed by atoms with E-state index in [1.165, 1.54) is 17.5 Å². The highest BCUT2D eigenvalue weighted by atomic mass is 32.2. The van der Waals surface area contributed by atoms with Gasteiger partial charge in [-0.1, -0.05) is 0 Å². The Balaban J connectivity index is 2.36. The van der Waals surface area contributed by atoms with Crippen LogP contribution < -0.4 is 4.74 Å². The summed E-state index contributed by atoms with van der Waals surface area (Å²) in [7, 11) is -2.18. The average Bonchev–Trinajstić information content (AvgIpc) is 2.47. The van der Waals surface area contributed by atoms with Crippen molar-refractivity contribution in [3.63, 3.8) is 0 Å². The lowest BCUT2D eigenvalue weighted by Crippen LogP contribution is -2.47. The van der Waals surface area contributed by atoms with Crippen LogP contribution in [0.15, 0.2) is 23.1 Å². The van der Waals surface area contributed by atoms with Gasteiger partial charge in [0.15, 0.2) is 0 Å². The predicted molar refractivity (Wildman–Crippen MR) is 81.4 cm³/mol. The SMILES string of the molecule is COc1ccc(S(=O)(=O)N2CC(C(=O)O)CCC2C)cc1C. The van der Waals surface area contributed by atoms with Crippen LogP contribution in [0.3, 0.4) is 0 Å². The minimum absolute atomic E-state index is 0.0178. The minimum atomic E-state index is -3.71. The zero-order valence-electron chi connectivity index (χ0n) is 12.9. The molecule has 122 valence electrons. The van der Waals surface area contributed by atoms with E-state index in [0.29, 0.717) is 18.6 Å². The maximum absolute atomic E-state index is 12.8. The molecule has 0 aromatic heterocycles. The first-order valence-electron chi connectivity index (χ1n) is 7.16. The minimum Gasteiger partial charge on any atom is -0.496 e. The van der Waals surface area contributed by atoms with Gasteiger partial charge in [-0.15, -0.1) is 0 Å². The van der Waals surface area contributed by atoms with Crippen molar-refractivity contribution < 1.29 is 23.1 Å². The molecule has 0 radical (unpaired) electrons. The second-order valence-corrected chi connectivity index (χ2v) is 7.56. The Morgan fingerprint density at radius 2 is 2.05 bits per heavy atom. The standard InChI is InChI=1S/C15H21NO5S/c1-10-8-13(6-7-14(10)21-3)22(19,20)16-9-12(15(17)18)5-4-11(16)2/h6-8,11-12H,4-5,9H2,1-3H3,(H,17,18). The number of aliphatic carboxylic acids is 1. The fourth-order valence-corrected chi connectivity index (χ4v) is 4.55. The van der Waals surface area contributed by atoms with Crippen molar-refractivity contribution in [2.24, 2.45) is 5.92 Å². The largest absolute Gasteiger partial charge is 0.496 e. The number of carbonyl (C=O) groups is 1. The third kappa shape index (κ3) is 3.10. The van der Waals surface area contributed by atoms with Crippen molar-refractivity contribution >= 4 is 16.0 Å². The Labute approximate surface area is 130 Å².